The molecular weight excluding hydrogens is 187 g/mol. The van der Waals surface area contributed by atoms with Gasteiger partial charge >= 0.3 is 6.18 Å². The summed E-state index contributed by atoms with van der Waals surface area (Å²) >= 11 is 4.70. The Kier molecular flexibility index (Phi) is 1.23. The minimum Gasteiger partial charge on any atom is -0.393 e. The van der Waals surface area contributed by atoms with Gasteiger partial charge in [-0.3, -0.25) is 0 Å². The second kappa shape index (κ2) is 1.78. The van der Waals surface area contributed by atoms with Crippen LogP contribution in [0, 0.1) is 10.8 Å². The molecule has 3 aliphatic rings. The van der Waals surface area contributed by atoms with Gasteiger partial charge in [-0.2, -0.15) is 13.2 Å². The molecule has 12 heavy (non-hydrogen) atoms. The van der Waals surface area contributed by atoms with E-state index in [0.717, 1.165) is 0 Å². The first-order chi connectivity index (χ1) is 5.31. The van der Waals surface area contributed by atoms with Gasteiger partial charge in [-0.05, 0) is 19.3 Å². The highest BCUT2D eigenvalue weighted by atomic mass is 32.1. The molecule has 0 aliphatic heterocycles. The van der Waals surface area contributed by atoms with Gasteiger partial charge in [0, 0.05) is 5.41 Å². The number of rotatable bonds is 1. The summed E-state index contributed by atoms with van der Waals surface area (Å²) in [6, 6.07) is 0. The van der Waals surface area contributed by atoms with Crippen molar-refractivity contribution >= 4 is 17.2 Å². The van der Waals surface area contributed by atoms with E-state index in [9.17, 15) is 13.2 Å². The Hall–Kier alpha value is -0.320. The summed E-state index contributed by atoms with van der Waals surface area (Å²) in [5, 5.41) is 0. The number of hydrogen-bond acceptors (Lipinski definition) is 1. The summed E-state index contributed by atoms with van der Waals surface area (Å²) in [6.45, 7) is 0. The fourth-order valence-corrected chi connectivity index (χ4v) is 2.57. The van der Waals surface area contributed by atoms with E-state index in [4.69, 9.17) is 18.0 Å². The molecule has 0 spiro atoms. The molecule has 3 saturated carbocycles. The lowest BCUT2D eigenvalue weighted by atomic mass is 9.35. The largest absolute Gasteiger partial charge is 0.394 e. The lowest BCUT2D eigenvalue weighted by molar-refractivity contribution is -0.342. The van der Waals surface area contributed by atoms with Crippen molar-refractivity contribution in [1.82, 2.24) is 0 Å². The SMILES string of the molecule is NC(=S)C12CC(C(F)(F)F)(C1)C2. The van der Waals surface area contributed by atoms with Crippen LogP contribution in [0.1, 0.15) is 19.3 Å². The summed E-state index contributed by atoms with van der Waals surface area (Å²) in [7, 11) is 0. The van der Waals surface area contributed by atoms with Crippen LogP contribution in [0.3, 0.4) is 0 Å². The van der Waals surface area contributed by atoms with E-state index in [0.29, 0.717) is 0 Å². The zero-order valence-corrected chi connectivity index (χ0v) is 7.06. The molecule has 0 amide bonds. The van der Waals surface area contributed by atoms with Gasteiger partial charge in [0.1, 0.15) is 0 Å². The Morgan fingerprint density at radius 1 is 1.25 bits per heavy atom. The number of hydrogen-bond donors (Lipinski definition) is 1. The molecule has 2 bridgehead atoms. The van der Waals surface area contributed by atoms with Crippen LogP contribution >= 0.6 is 12.2 Å². The fourth-order valence-electron chi connectivity index (χ4n) is 2.35. The van der Waals surface area contributed by atoms with Gasteiger partial charge in [0.2, 0.25) is 0 Å². The van der Waals surface area contributed by atoms with Gasteiger partial charge in [0.25, 0.3) is 0 Å². The maximum absolute atomic E-state index is 12.3. The molecule has 0 aromatic rings. The van der Waals surface area contributed by atoms with Gasteiger partial charge < -0.3 is 5.73 Å². The van der Waals surface area contributed by atoms with Crippen LogP contribution in [0.5, 0.6) is 0 Å². The van der Waals surface area contributed by atoms with Gasteiger partial charge in [0.15, 0.2) is 0 Å². The van der Waals surface area contributed by atoms with Gasteiger partial charge in [-0.25, -0.2) is 0 Å². The molecule has 0 unspecified atom stereocenters. The first kappa shape index (κ1) is 8.29. The predicted molar refractivity (Wildman–Crippen MR) is 41.6 cm³/mol. The molecule has 0 radical (unpaired) electrons. The summed E-state index contributed by atoms with van der Waals surface area (Å²) in [5.41, 5.74) is 3.49. The maximum Gasteiger partial charge on any atom is 0.394 e. The first-order valence-electron chi connectivity index (χ1n) is 3.68. The quantitative estimate of drug-likeness (QED) is 0.648. The summed E-state index contributed by atoms with van der Waals surface area (Å²) in [6.07, 6.45) is -3.68. The Morgan fingerprint density at radius 2 is 1.67 bits per heavy atom. The van der Waals surface area contributed by atoms with E-state index in [1.807, 2.05) is 0 Å². The average molecular weight is 195 g/mol. The molecule has 0 aromatic heterocycles. The highest BCUT2D eigenvalue weighted by molar-refractivity contribution is 7.80. The van der Waals surface area contributed by atoms with E-state index in [-0.39, 0.29) is 24.3 Å². The van der Waals surface area contributed by atoms with Crippen molar-refractivity contribution < 1.29 is 13.2 Å². The minimum absolute atomic E-state index is 0.124. The monoisotopic (exact) mass is 195 g/mol. The Morgan fingerprint density at radius 3 is 1.92 bits per heavy atom. The lowest BCUT2D eigenvalue weighted by Gasteiger charge is -2.69. The van der Waals surface area contributed by atoms with E-state index < -0.39 is 17.0 Å². The maximum atomic E-state index is 12.3. The van der Waals surface area contributed by atoms with Gasteiger partial charge in [-0.1, -0.05) is 12.2 Å². The number of thiocarbonyl (C=S) groups is 1. The second-order valence-electron chi connectivity index (χ2n) is 3.95. The standard InChI is InChI=1S/C7H8F3NS/c8-7(9,10)6-1-5(2-6,3-6)4(11)12/h1-3H2,(H2,11,12). The Bertz CT molecular complexity index is 238. The Labute approximate surface area is 73.1 Å². The van der Waals surface area contributed by atoms with Gasteiger partial charge in [0.05, 0.1) is 10.4 Å². The first-order valence-corrected chi connectivity index (χ1v) is 4.09. The van der Waals surface area contributed by atoms with Crippen molar-refractivity contribution in [3.63, 3.8) is 0 Å². The Balaban J connectivity index is 2.09. The fraction of sp³-hybridized carbons (Fsp3) is 0.857. The summed E-state index contributed by atoms with van der Waals surface area (Å²) in [5.74, 6) is 0. The zero-order chi connectivity index (χ0) is 9.20. The van der Waals surface area contributed by atoms with E-state index in [2.05, 4.69) is 0 Å². The predicted octanol–water partition coefficient (Wildman–Crippen LogP) is 2.01. The highest BCUT2D eigenvalue weighted by Crippen LogP contribution is 2.78. The molecular formula is C7H8F3NS. The van der Waals surface area contributed by atoms with Crippen LogP contribution in [0.15, 0.2) is 0 Å². The molecule has 3 rings (SSSR count). The van der Waals surface area contributed by atoms with E-state index >= 15 is 0 Å². The normalized spacial score (nSPS) is 44.6. The number of halogens is 3. The smallest absolute Gasteiger partial charge is 0.393 e. The van der Waals surface area contributed by atoms with Crippen molar-refractivity contribution in [3.05, 3.63) is 0 Å². The van der Waals surface area contributed by atoms with Crippen LogP contribution in [0.4, 0.5) is 13.2 Å². The highest BCUT2D eigenvalue weighted by Gasteiger charge is 2.79. The minimum atomic E-state index is -4.06. The molecule has 0 saturated heterocycles. The van der Waals surface area contributed by atoms with Crippen LogP contribution in [0.25, 0.3) is 0 Å². The van der Waals surface area contributed by atoms with Crippen LogP contribution in [0.2, 0.25) is 0 Å². The third-order valence-corrected chi connectivity index (χ3v) is 3.59. The van der Waals surface area contributed by atoms with Crippen molar-refractivity contribution in [3.8, 4) is 0 Å². The van der Waals surface area contributed by atoms with Crippen LogP contribution in [-0.4, -0.2) is 11.2 Å². The van der Waals surface area contributed by atoms with Crippen molar-refractivity contribution in [2.45, 2.75) is 25.4 Å². The molecule has 3 aliphatic carbocycles. The third-order valence-electron chi connectivity index (χ3n) is 3.15. The van der Waals surface area contributed by atoms with Crippen molar-refractivity contribution in [1.29, 1.82) is 0 Å². The van der Waals surface area contributed by atoms with Crippen molar-refractivity contribution in [2.75, 3.05) is 0 Å². The van der Waals surface area contributed by atoms with E-state index in [1.165, 1.54) is 0 Å². The second-order valence-corrected chi connectivity index (χ2v) is 4.39. The molecule has 0 aromatic carbocycles. The van der Waals surface area contributed by atoms with Gasteiger partial charge in [-0.15, -0.1) is 0 Å². The number of alkyl halides is 3. The van der Waals surface area contributed by atoms with E-state index in [1.54, 1.807) is 0 Å². The molecule has 5 heteroatoms. The average Bonchev–Trinajstić information content (AvgIpc) is 1.46. The molecule has 2 N–H and O–H groups in total. The van der Waals surface area contributed by atoms with Crippen LogP contribution in [-0.2, 0) is 0 Å². The third kappa shape index (κ3) is 0.683. The molecule has 1 nitrogen and oxygen atoms in total. The topological polar surface area (TPSA) is 26.0 Å². The molecule has 68 valence electrons. The summed E-state index contributed by atoms with van der Waals surface area (Å²) in [4.78, 5) is 0.258. The zero-order valence-electron chi connectivity index (χ0n) is 6.24. The van der Waals surface area contributed by atoms with Crippen LogP contribution < -0.4 is 5.73 Å². The molecule has 0 atom stereocenters. The lowest BCUT2D eigenvalue weighted by Crippen LogP contribution is -2.71. The summed E-state index contributed by atoms with van der Waals surface area (Å²) < 4.78 is 36.8. The number of nitrogens with two attached hydrogens (primary N) is 1. The van der Waals surface area contributed by atoms with Crippen molar-refractivity contribution in [2.24, 2.45) is 16.6 Å². The molecule has 3 fully saturated rings. The molecule has 0 heterocycles.